The van der Waals surface area contributed by atoms with E-state index in [1.807, 2.05) is 26.0 Å². The summed E-state index contributed by atoms with van der Waals surface area (Å²) in [5.41, 5.74) is 7.19. The molecule has 0 aliphatic heterocycles. The topological polar surface area (TPSA) is 52.3 Å². The highest BCUT2D eigenvalue weighted by Crippen LogP contribution is 2.07. The van der Waals surface area contributed by atoms with Crippen LogP contribution in [0.25, 0.3) is 0 Å². The molecule has 0 aliphatic rings. The standard InChI is InChI=1S/C13H19NO2/c1-10(2)9-16-13(15)12-5-3-11(4-6-12)7-8-14/h3-6,10H,7-9,14H2,1-2H3. The molecule has 1 aromatic rings. The Hall–Kier alpha value is -1.35. The molecule has 0 heterocycles. The van der Waals surface area contributed by atoms with E-state index in [1.54, 1.807) is 12.1 Å². The minimum atomic E-state index is -0.256. The van der Waals surface area contributed by atoms with Gasteiger partial charge in [-0.2, -0.15) is 0 Å². The Balaban J connectivity index is 2.56. The van der Waals surface area contributed by atoms with Crippen molar-refractivity contribution >= 4 is 5.97 Å². The van der Waals surface area contributed by atoms with Gasteiger partial charge in [-0.1, -0.05) is 26.0 Å². The van der Waals surface area contributed by atoms with Crippen LogP contribution in [0, 0.1) is 5.92 Å². The van der Waals surface area contributed by atoms with Crippen molar-refractivity contribution in [2.75, 3.05) is 13.2 Å². The van der Waals surface area contributed by atoms with Crippen LogP contribution in [0.15, 0.2) is 24.3 Å². The molecule has 0 aromatic heterocycles. The van der Waals surface area contributed by atoms with Gasteiger partial charge < -0.3 is 10.5 Å². The molecule has 3 nitrogen and oxygen atoms in total. The number of hydrogen-bond donors (Lipinski definition) is 1. The maximum atomic E-state index is 11.6. The van der Waals surface area contributed by atoms with E-state index in [9.17, 15) is 4.79 Å². The van der Waals surface area contributed by atoms with Gasteiger partial charge in [-0.05, 0) is 36.6 Å². The van der Waals surface area contributed by atoms with Gasteiger partial charge in [0, 0.05) is 0 Å². The number of carbonyl (C=O) groups excluding carboxylic acids is 1. The van der Waals surface area contributed by atoms with Crippen LogP contribution in [-0.4, -0.2) is 19.1 Å². The molecule has 0 saturated carbocycles. The van der Waals surface area contributed by atoms with Crippen molar-refractivity contribution in [2.24, 2.45) is 11.7 Å². The smallest absolute Gasteiger partial charge is 0.338 e. The Morgan fingerprint density at radius 3 is 2.44 bits per heavy atom. The lowest BCUT2D eigenvalue weighted by atomic mass is 10.1. The van der Waals surface area contributed by atoms with E-state index in [1.165, 1.54) is 0 Å². The monoisotopic (exact) mass is 221 g/mol. The third kappa shape index (κ3) is 4.03. The van der Waals surface area contributed by atoms with Crippen LogP contribution in [0.3, 0.4) is 0 Å². The quantitative estimate of drug-likeness (QED) is 0.774. The molecule has 0 spiro atoms. The lowest BCUT2D eigenvalue weighted by molar-refractivity contribution is 0.0459. The molecule has 1 rings (SSSR count). The molecule has 1 aromatic carbocycles. The first-order chi connectivity index (χ1) is 7.63. The van der Waals surface area contributed by atoms with Crippen molar-refractivity contribution in [3.63, 3.8) is 0 Å². The molecular formula is C13H19NO2. The van der Waals surface area contributed by atoms with Crippen LogP contribution >= 0.6 is 0 Å². The fourth-order valence-electron chi connectivity index (χ4n) is 1.30. The van der Waals surface area contributed by atoms with Gasteiger partial charge >= 0.3 is 5.97 Å². The summed E-state index contributed by atoms with van der Waals surface area (Å²) < 4.78 is 5.13. The minimum Gasteiger partial charge on any atom is -0.462 e. The summed E-state index contributed by atoms with van der Waals surface area (Å²) in [7, 11) is 0. The van der Waals surface area contributed by atoms with Crippen LogP contribution in [0.1, 0.15) is 29.8 Å². The SMILES string of the molecule is CC(C)COC(=O)c1ccc(CCN)cc1. The molecule has 0 radical (unpaired) electrons. The molecule has 0 atom stereocenters. The molecule has 0 amide bonds. The number of hydrogen-bond acceptors (Lipinski definition) is 3. The molecule has 0 unspecified atom stereocenters. The minimum absolute atomic E-state index is 0.256. The molecule has 0 bridgehead atoms. The lowest BCUT2D eigenvalue weighted by Crippen LogP contribution is -2.10. The third-order valence-corrected chi connectivity index (χ3v) is 2.17. The van der Waals surface area contributed by atoms with E-state index in [0.29, 0.717) is 24.6 Å². The van der Waals surface area contributed by atoms with E-state index >= 15 is 0 Å². The Morgan fingerprint density at radius 1 is 1.31 bits per heavy atom. The molecule has 2 N–H and O–H groups in total. The summed E-state index contributed by atoms with van der Waals surface area (Å²) in [5.74, 6) is 0.105. The molecule has 0 saturated heterocycles. The highest BCUT2D eigenvalue weighted by molar-refractivity contribution is 5.89. The van der Waals surface area contributed by atoms with Crippen molar-refractivity contribution in [1.82, 2.24) is 0 Å². The second-order valence-corrected chi connectivity index (χ2v) is 4.23. The summed E-state index contributed by atoms with van der Waals surface area (Å²) >= 11 is 0. The normalized spacial score (nSPS) is 10.5. The zero-order valence-corrected chi connectivity index (χ0v) is 9.90. The van der Waals surface area contributed by atoms with Crippen LogP contribution in [-0.2, 0) is 11.2 Å². The maximum Gasteiger partial charge on any atom is 0.338 e. The average molecular weight is 221 g/mol. The van der Waals surface area contributed by atoms with Crippen LogP contribution in [0.5, 0.6) is 0 Å². The van der Waals surface area contributed by atoms with E-state index in [2.05, 4.69) is 0 Å². The first kappa shape index (κ1) is 12.7. The van der Waals surface area contributed by atoms with Crippen molar-refractivity contribution in [3.8, 4) is 0 Å². The fourth-order valence-corrected chi connectivity index (χ4v) is 1.30. The molecule has 3 heteroatoms. The molecule has 0 aliphatic carbocycles. The van der Waals surface area contributed by atoms with Crippen LogP contribution in [0.2, 0.25) is 0 Å². The summed E-state index contributed by atoms with van der Waals surface area (Å²) in [6, 6.07) is 7.40. The maximum absolute atomic E-state index is 11.6. The Morgan fingerprint density at radius 2 is 1.94 bits per heavy atom. The van der Waals surface area contributed by atoms with Gasteiger partial charge in [0.2, 0.25) is 0 Å². The molecule has 16 heavy (non-hydrogen) atoms. The van der Waals surface area contributed by atoms with Gasteiger partial charge in [-0.3, -0.25) is 0 Å². The second kappa shape index (κ2) is 6.28. The van der Waals surface area contributed by atoms with Crippen molar-refractivity contribution in [3.05, 3.63) is 35.4 Å². The summed E-state index contributed by atoms with van der Waals surface area (Å²) in [4.78, 5) is 11.6. The summed E-state index contributed by atoms with van der Waals surface area (Å²) in [6.45, 7) is 5.11. The fraction of sp³-hybridized carbons (Fsp3) is 0.462. The predicted molar refractivity (Wildman–Crippen MR) is 64.3 cm³/mol. The van der Waals surface area contributed by atoms with Gasteiger partial charge in [-0.25, -0.2) is 4.79 Å². The molecule has 88 valence electrons. The van der Waals surface area contributed by atoms with E-state index in [0.717, 1.165) is 12.0 Å². The van der Waals surface area contributed by atoms with Crippen LogP contribution < -0.4 is 5.73 Å². The Labute approximate surface area is 96.6 Å². The largest absolute Gasteiger partial charge is 0.462 e. The number of esters is 1. The number of rotatable bonds is 5. The van der Waals surface area contributed by atoms with Gasteiger partial charge in [-0.15, -0.1) is 0 Å². The van der Waals surface area contributed by atoms with E-state index in [4.69, 9.17) is 10.5 Å². The van der Waals surface area contributed by atoms with Gasteiger partial charge in [0.1, 0.15) is 0 Å². The number of carbonyl (C=O) groups is 1. The van der Waals surface area contributed by atoms with Gasteiger partial charge in [0.25, 0.3) is 0 Å². The van der Waals surface area contributed by atoms with Gasteiger partial charge in [0.05, 0.1) is 12.2 Å². The number of ether oxygens (including phenoxy) is 1. The summed E-state index contributed by atoms with van der Waals surface area (Å²) in [6.07, 6.45) is 0.835. The van der Waals surface area contributed by atoms with Crippen molar-refractivity contribution in [2.45, 2.75) is 20.3 Å². The zero-order chi connectivity index (χ0) is 12.0. The average Bonchev–Trinajstić information content (AvgIpc) is 2.27. The van der Waals surface area contributed by atoms with E-state index < -0.39 is 0 Å². The first-order valence-electron chi connectivity index (χ1n) is 5.59. The van der Waals surface area contributed by atoms with Crippen LogP contribution in [0.4, 0.5) is 0 Å². The molecule has 0 fully saturated rings. The second-order valence-electron chi connectivity index (χ2n) is 4.23. The highest BCUT2D eigenvalue weighted by atomic mass is 16.5. The highest BCUT2D eigenvalue weighted by Gasteiger charge is 2.07. The third-order valence-electron chi connectivity index (χ3n) is 2.17. The molecular weight excluding hydrogens is 202 g/mol. The van der Waals surface area contributed by atoms with Gasteiger partial charge in [0.15, 0.2) is 0 Å². The lowest BCUT2D eigenvalue weighted by Gasteiger charge is -2.07. The Kier molecular flexibility index (Phi) is 4.99. The Bertz CT molecular complexity index is 330. The van der Waals surface area contributed by atoms with Crippen molar-refractivity contribution in [1.29, 1.82) is 0 Å². The zero-order valence-electron chi connectivity index (χ0n) is 9.90. The number of benzene rings is 1. The first-order valence-corrected chi connectivity index (χ1v) is 5.59. The number of nitrogens with two attached hydrogens (primary N) is 1. The predicted octanol–water partition coefficient (Wildman–Crippen LogP) is 2.00. The van der Waals surface area contributed by atoms with E-state index in [-0.39, 0.29) is 5.97 Å². The van der Waals surface area contributed by atoms with Crippen molar-refractivity contribution < 1.29 is 9.53 Å². The summed E-state index contributed by atoms with van der Waals surface area (Å²) in [5, 5.41) is 0.